The molecule has 0 spiro atoms. The predicted octanol–water partition coefficient (Wildman–Crippen LogP) is 3.92. The predicted molar refractivity (Wildman–Crippen MR) is 126 cm³/mol. The molecular formula is C25H32N4O3. The molecule has 2 heterocycles. The van der Waals surface area contributed by atoms with Crippen LogP contribution in [0.25, 0.3) is 11.1 Å². The van der Waals surface area contributed by atoms with Crippen molar-refractivity contribution in [1.82, 2.24) is 15.2 Å². The van der Waals surface area contributed by atoms with Crippen LogP contribution in [0.3, 0.4) is 0 Å². The first kappa shape index (κ1) is 23.3. The minimum Gasteiger partial charge on any atom is -0.444 e. The molecule has 7 nitrogen and oxygen atoms in total. The van der Waals surface area contributed by atoms with Crippen molar-refractivity contribution < 1.29 is 14.3 Å². The highest BCUT2D eigenvalue weighted by atomic mass is 16.6. The summed E-state index contributed by atoms with van der Waals surface area (Å²) in [6, 6.07) is 8.24. The summed E-state index contributed by atoms with van der Waals surface area (Å²) in [5.74, 6) is -0.0257. The summed E-state index contributed by atoms with van der Waals surface area (Å²) in [4.78, 5) is 32.3. The van der Waals surface area contributed by atoms with Gasteiger partial charge in [-0.25, -0.2) is 4.79 Å². The third-order valence-electron chi connectivity index (χ3n) is 5.38. The van der Waals surface area contributed by atoms with E-state index in [1.807, 2.05) is 50.9 Å². The third kappa shape index (κ3) is 5.87. The van der Waals surface area contributed by atoms with Gasteiger partial charge in [0.25, 0.3) is 0 Å². The van der Waals surface area contributed by atoms with Crippen LogP contribution in [-0.4, -0.2) is 53.7 Å². The Morgan fingerprint density at radius 2 is 1.91 bits per heavy atom. The van der Waals surface area contributed by atoms with E-state index in [2.05, 4.69) is 33.9 Å². The van der Waals surface area contributed by atoms with Gasteiger partial charge in [0.1, 0.15) is 5.60 Å². The van der Waals surface area contributed by atoms with Gasteiger partial charge in [0, 0.05) is 44.5 Å². The SMILES string of the molecule is C=CC(=O)N1CCN(c2cnccc2-c2ccc(CNC(=O)OC(C)(C)C)c(C)c2)CC1. The molecule has 0 radical (unpaired) electrons. The van der Waals surface area contributed by atoms with E-state index in [0.717, 1.165) is 41.0 Å². The number of alkyl carbamates (subject to hydrolysis) is 1. The Morgan fingerprint density at radius 1 is 1.19 bits per heavy atom. The van der Waals surface area contributed by atoms with E-state index in [0.29, 0.717) is 19.6 Å². The van der Waals surface area contributed by atoms with Crippen molar-refractivity contribution in [2.45, 2.75) is 39.8 Å². The van der Waals surface area contributed by atoms with Crippen LogP contribution in [0.1, 0.15) is 31.9 Å². The first-order valence-electron chi connectivity index (χ1n) is 10.8. The molecule has 7 heteroatoms. The molecule has 32 heavy (non-hydrogen) atoms. The second kappa shape index (κ2) is 9.85. The molecular weight excluding hydrogens is 404 g/mol. The number of nitrogens with zero attached hydrogens (tertiary/aromatic N) is 3. The number of carbonyl (C=O) groups excluding carboxylic acids is 2. The maximum Gasteiger partial charge on any atom is 0.407 e. The van der Waals surface area contributed by atoms with E-state index in [4.69, 9.17) is 4.74 Å². The average Bonchev–Trinajstić information content (AvgIpc) is 2.76. The zero-order valence-corrected chi connectivity index (χ0v) is 19.4. The van der Waals surface area contributed by atoms with Crippen molar-refractivity contribution in [2.75, 3.05) is 31.1 Å². The van der Waals surface area contributed by atoms with Crippen LogP contribution in [0.2, 0.25) is 0 Å². The van der Waals surface area contributed by atoms with E-state index in [9.17, 15) is 9.59 Å². The first-order chi connectivity index (χ1) is 15.2. The maximum atomic E-state index is 12.0. The van der Waals surface area contributed by atoms with Gasteiger partial charge >= 0.3 is 6.09 Å². The number of aromatic nitrogens is 1. The van der Waals surface area contributed by atoms with Crippen LogP contribution >= 0.6 is 0 Å². The molecule has 1 aliphatic heterocycles. The quantitative estimate of drug-likeness (QED) is 0.719. The highest BCUT2D eigenvalue weighted by Gasteiger charge is 2.22. The molecule has 1 aromatic carbocycles. The number of hydrogen-bond acceptors (Lipinski definition) is 5. The fourth-order valence-electron chi connectivity index (χ4n) is 3.72. The van der Waals surface area contributed by atoms with E-state index in [1.165, 1.54) is 6.08 Å². The van der Waals surface area contributed by atoms with Crippen molar-refractivity contribution in [1.29, 1.82) is 0 Å². The van der Waals surface area contributed by atoms with Crippen LogP contribution in [0, 0.1) is 6.92 Å². The van der Waals surface area contributed by atoms with Crippen LogP contribution < -0.4 is 10.2 Å². The highest BCUT2D eigenvalue weighted by Crippen LogP contribution is 2.32. The minimum absolute atomic E-state index is 0.0257. The van der Waals surface area contributed by atoms with Gasteiger partial charge in [0.15, 0.2) is 0 Å². The molecule has 1 aromatic heterocycles. The molecule has 0 bridgehead atoms. The van der Waals surface area contributed by atoms with Gasteiger partial charge in [-0.1, -0.05) is 24.8 Å². The number of pyridine rings is 1. The van der Waals surface area contributed by atoms with Gasteiger partial charge in [-0.3, -0.25) is 9.78 Å². The van der Waals surface area contributed by atoms with E-state index in [-0.39, 0.29) is 5.91 Å². The van der Waals surface area contributed by atoms with Crippen LogP contribution in [0.15, 0.2) is 49.3 Å². The minimum atomic E-state index is -0.523. The van der Waals surface area contributed by atoms with Gasteiger partial charge in [0.2, 0.25) is 5.91 Å². The van der Waals surface area contributed by atoms with E-state index >= 15 is 0 Å². The summed E-state index contributed by atoms with van der Waals surface area (Å²) < 4.78 is 5.31. The molecule has 1 N–H and O–H groups in total. The lowest BCUT2D eigenvalue weighted by Gasteiger charge is -2.36. The van der Waals surface area contributed by atoms with E-state index in [1.54, 1.807) is 6.20 Å². The summed E-state index contributed by atoms with van der Waals surface area (Å²) in [5.41, 5.74) is 4.83. The number of aryl methyl sites for hydroxylation is 1. The molecule has 1 aliphatic rings. The number of ether oxygens (including phenoxy) is 1. The fourth-order valence-corrected chi connectivity index (χ4v) is 3.72. The zero-order chi connectivity index (χ0) is 23.3. The van der Waals surface area contributed by atoms with Crippen molar-refractivity contribution in [2.24, 2.45) is 0 Å². The molecule has 2 amide bonds. The first-order valence-corrected chi connectivity index (χ1v) is 10.8. The van der Waals surface area contributed by atoms with Crippen LogP contribution in [0.4, 0.5) is 10.5 Å². The number of hydrogen-bond donors (Lipinski definition) is 1. The molecule has 0 aliphatic carbocycles. The van der Waals surface area contributed by atoms with Crippen molar-refractivity contribution in [3.05, 3.63) is 60.4 Å². The molecule has 3 rings (SSSR count). The lowest BCUT2D eigenvalue weighted by molar-refractivity contribution is -0.126. The molecule has 2 aromatic rings. The van der Waals surface area contributed by atoms with Crippen LogP contribution in [-0.2, 0) is 16.1 Å². The van der Waals surface area contributed by atoms with Crippen molar-refractivity contribution >= 4 is 17.7 Å². The third-order valence-corrected chi connectivity index (χ3v) is 5.38. The Morgan fingerprint density at radius 3 is 2.53 bits per heavy atom. The molecule has 1 fully saturated rings. The number of rotatable bonds is 5. The van der Waals surface area contributed by atoms with Gasteiger partial charge in [-0.05, 0) is 56.5 Å². The Bertz CT molecular complexity index is 989. The number of anilines is 1. The largest absolute Gasteiger partial charge is 0.444 e. The molecule has 0 unspecified atom stereocenters. The standard InChI is InChI=1S/C25H32N4O3/c1-6-23(30)29-13-11-28(12-14-29)22-17-26-10-9-21(22)19-7-8-20(18(2)15-19)16-27-24(31)32-25(3,4)5/h6-10,15,17H,1,11-14,16H2,2-5H3,(H,27,31). The maximum absolute atomic E-state index is 12.0. The van der Waals surface area contributed by atoms with E-state index < -0.39 is 11.7 Å². The normalized spacial score (nSPS) is 14.1. The molecule has 1 saturated heterocycles. The summed E-state index contributed by atoms with van der Waals surface area (Å²) in [7, 11) is 0. The van der Waals surface area contributed by atoms with Gasteiger partial charge in [-0.15, -0.1) is 0 Å². The average molecular weight is 437 g/mol. The number of carbonyl (C=O) groups is 2. The fraction of sp³-hybridized carbons (Fsp3) is 0.400. The lowest BCUT2D eigenvalue weighted by Crippen LogP contribution is -2.48. The lowest BCUT2D eigenvalue weighted by atomic mass is 9.99. The van der Waals surface area contributed by atoms with Gasteiger partial charge < -0.3 is 19.9 Å². The summed E-state index contributed by atoms with van der Waals surface area (Å²) >= 11 is 0. The second-order valence-corrected chi connectivity index (χ2v) is 8.91. The number of benzene rings is 1. The summed E-state index contributed by atoms with van der Waals surface area (Å²) in [6.45, 7) is 14.4. The monoisotopic (exact) mass is 436 g/mol. The topological polar surface area (TPSA) is 74.8 Å². The van der Waals surface area contributed by atoms with Gasteiger partial charge in [-0.2, -0.15) is 0 Å². The Balaban J connectivity index is 1.73. The highest BCUT2D eigenvalue weighted by molar-refractivity contribution is 5.87. The molecule has 0 atom stereocenters. The Kier molecular flexibility index (Phi) is 7.18. The van der Waals surface area contributed by atoms with Crippen LogP contribution in [0.5, 0.6) is 0 Å². The second-order valence-electron chi connectivity index (χ2n) is 8.91. The number of amides is 2. The zero-order valence-electron chi connectivity index (χ0n) is 19.4. The summed E-state index contributed by atoms with van der Waals surface area (Å²) in [6.07, 6.45) is 4.62. The van der Waals surface area contributed by atoms with Crippen molar-refractivity contribution in [3.8, 4) is 11.1 Å². The number of nitrogens with one attached hydrogen (secondary N) is 1. The summed E-state index contributed by atoms with van der Waals surface area (Å²) in [5, 5.41) is 2.82. The smallest absolute Gasteiger partial charge is 0.407 e. The Hall–Kier alpha value is -3.35. The number of piperazine rings is 1. The van der Waals surface area contributed by atoms with Crippen molar-refractivity contribution in [3.63, 3.8) is 0 Å². The van der Waals surface area contributed by atoms with Gasteiger partial charge in [0.05, 0.1) is 11.9 Å². The molecule has 170 valence electrons. The molecule has 0 saturated carbocycles. The Labute approximate surface area is 190 Å².